The van der Waals surface area contributed by atoms with E-state index in [1.165, 1.54) is 0 Å². The monoisotopic (exact) mass is 417 g/mol. The molecule has 0 fully saturated rings. The second-order valence-electron chi connectivity index (χ2n) is 5.93. The van der Waals surface area contributed by atoms with Gasteiger partial charge in [-0.2, -0.15) is 0 Å². The van der Waals surface area contributed by atoms with Crippen molar-refractivity contribution >= 4 is 45.9 Å². The van der Waals surface area contributed by atoms with E-state index in [0.29, 0.717) is 51.0 Å². The molecule has 0 aliphatic heterocycles. The van der Waals surface area contributed by atoms with Crippen LogP contribution in [0.1, 0.15) is 18.7 Å². The number of hydrogen-bond donors (Lipinski definition) is 1. The number of ether oxygens (including phenoxy) is 1. The first-order valence-electron chi connectivity index (χ1n) is 8.84. The molecule has 0 aliphatic carbocycles. The van der Waals surface area contributed by atoms with Gasteiger partial charge in [-0.3, -0.25) is 14.7 Å². The zero-order valence-corrected chi connectivity index (χ0v) is 16.9. The summed E-state index contributed by atoms with van der Waals surface area (Å²) in [5, 5.41) is 10.5. The average molecular weight is 418 g/mol. The van der Waals surface area contributed by atoms with Crippen molar-refractivity contribution in [1.29, 1.82) is 0 Å². The van der Waals surface area contributed by atoms with Crippen LogP contribution in [0.25, 0.3) is 11.0 Å². The van der Waals surface area contributed by atoms with E-state index in [0.717, 1.165) is 22.5 Å². The van der Waals surface area contributed by atoms with Crippen molar-refractivity contribution in [1.82, 2.24) is 9.55 Å². The smallest absolute Gasteiger partial charge is 0.303 e. The summed E-state index contributed by atoms with van der Waals surface area (Å²) in [6.45, 7) is 1.90. The van der Waals surface area contributed by atoms with Gasteiger partial charge in [-0.1, -0.05) is 0 Å². The van der Waals surface area contributed by atoms with Crippen LogP contribution in [0.4, 0.5) is 5.69 Å². The fraction of sp³-hybridized carbons (Fsp3) is 0.556. The van der Waals surface area contributed by atoms with Gasteiger partial charge in [-0.05, 0) is 24.6 Å². The van der Waals surface area contributed by atoms with E-state index < -0.39 is 5.97 Å². The highest BCUT2D eigenvalue weighted by Crippen LogP contribution is 2.23. The average Bonchev–Trinajstić information content (AvgIpc) is 2.96. The van der Waals surface area contributed by atoms with Crippen molar-refractivity contribution < 1.29 is 19.5 Å². The van der Waals surface area contributed by atoms with Gasteiger partial charge in [-0.15, -0.1) is 23.2 Å². The molecule has 0 spiro atoms. The van der Waals surface area contributed by atoms with E-state index >= 15 is 0 Å². The SMILES string of the molecule is Cn1c(CCCC(=O)O)nc2cc(N(CCOCCCl)OCCCl)ccc21. The summed E-state index contributed by atoms with van der Waals surface area (Å²) in [7, 11) is 1.94. The Morgan fingerprint density at radius 3 is 2.74 bits per heavy atom. The lowest BCUT2D eigenvalue weighted by Crippen LogP contribution is -2.28. The molecule has 1 aromatic carbocycles. The minimum Gasteiger partial charge on any atom is -0.481 e. The first kappa shape index (κ1) is 21.8. The summed E-state index contributed by atoms with van der Waals surface area (Å²) in [6, 6.07) is 5.89. The van der Waals surface area contributed by atoms with Crippen LogP contribution in [0.3, 0.4) is 0 Å². The second-order valence-corrected chi connectivity index (χ2v) is 6.69. The molecule has 0 aliphatic rings. The van der Waals surface area contributed by atoms with Crippen LogP contribution in [0.15, 0.2) is 18.2 Å². The summed E-state index contributed by atoms with van der Waals surface area (Å²) < 4.78 is 7.43. The molecule has 1 heterocycles. The molecule has 1 aromatic heterocycles. The number of carboxylic acid groups (broad SMARTS) is 1. The molecule has 27 heavy (non-hydrogen) atoms. The maximum absolute atomic E-state index is 10.7. The number of alkyl halides is 2. The van der Waals surface area contributed by atoms with Gasteiger partial charge in [0.1, 0.15) is 5.82 Å². The summed E-state index contributed by atoms with van der Waals surface area (Å²) in [5.74, 6) is 0.910. The number of hydroxylamine groups is 1. The predicted octanol–water partition coefficient (Wildman–Crippen LogP) is 3.21. The van der Waals surface area contributed by atoms with E-state index in [4.69, 9.17) is 37.9 Å². The third-order valence-corrected chi connectivity index (χ3v) is 4.33. The number of benzene rings is 1. The second kappa shape index (κ2) is 11.3. The van der Waals surface area contributed by atoms with Crippen LogP contribution in [0, 0.1) is 0 Å². The molecule has 150 valence electrons. The molecule has 7 nitrogen and oxygen atoms in total. The molecule has 2 rings (SSSR count). The van der Waals surface area contributed by atoms with E-state index in [1.807, 2.05) is 29.8 Å². The summed E-state index contributed by atoms with van der Waals surface area (Å²) >= 11 is 11.4. The van der Waals surface area contributed by atoms with Gasteiger partial charge in [-0.25, -0.2) is 4.98 Å². The number of anilines is 1. The maximum Gasteiger partial charge on any atom is 0.303 e. The normalized spacial score (nSPS) is 11.2. The molecule has 9 heteroatoms. The molecule has 0 saturated carbocycles. The highest BCUT2D eigenvalue weighted by atomic mass is 35.5. The standard InChI is InChI=1S/C18H25Cl2N3O4/c1-22-16-6-5-14(23(27-11-8-20)9-12-26-10-7-19)13-15(16)21-17(22)3-2-4-18(24)25/h5-6,13H,2-4,7-12H2,1H3,(H,24,25). The zero-order chi connectivity index (χ0) is 19.6. The van der Waals surface area contributed by atoms with Gasteiger partial charge in [0.2, 0.25) is 0 Å². The summed E-state index contributed by atoms with van der Waals surface area (Å²) in [4.78, 5) is 21.1. The summed E-state index contributed by atoms with van der Waals surface area (Å²) in [5.41, 5.74) is 2.68. The topological polar surface area (TPSA) is 76.8 Å². The highest BCUT2D eigenvalue weighted by Gasteiger charge is 2.13. The number of aromatic nitrogens is 2. The number of carboxylic acids is 1. The van der Waals surface area contributed by atoms with Gasteiger partial charge in [0.25, 0.3) is 0 Å². The Labute approximate surface area is 168 Å². The van der Waals surface area contributed by atoms with Crippen LogP contribution >= 0.6 is 23.2 Å². The van der Waals surface area contributed by atoms with Gasteiger partial charge in [0.15, 0.2) is 0 Å². The van der Waals surface area contributed by atoms with E-state index in [-0.39, 0.29) is 6.42 Å². The minimum absolute atomic E-state index is 0.136. The van der Waals surface area contributed by atoms with Crippen molar-refractivity contribution in [3.8, 4) is 0 Å². The number of hydrogen-bond acceptors (Lipinski definition) is 5. The highest BCUT2D eigenvalue weighted by molar-refractivity contribution is 6.18. The Morgan fingerprint density at radius 1 is 1.26 bits per heavy atom. The number of aryl methyl sites for hydroxylation is 2. The number of rotatable bonds is 13. The Hall–Kier alpha value is -1.54. The summed E-state index contributed by atoms with van der Waals surface area (Å²) in [6.07, 6.45) is 1.31. The fourth-order valence-electron chi connectivity index (χ4n) is 2.73. The number of nitrogens with zero attached hydrogens (tertiary/aromatic N) is 3. The Morgan fingerprint density at radius 2 is 2.04 bits per heavy atom. The van der Waals surface area contributed by atoms with E-state index in [9.17, 15) is 4.79 Å². The minimum atomic E-state index is -0.792. The van der Waals surface area contributed by atoms with E-state index in [1.54, 1.807) is 5.06 Å². The third-order valence-electron chi connectivity index (χ3n) is 4.02. The first-order chi connectivity index (χ1) is 13.1. The maximum atomic E-state index is 10.7. The Kier molecular flexibility index (Phi) is 9.14. The predicted molar refractivity (Wildman–Crippen MR) is 107 cm³/mol. The first-order valence-corrected chi connectivity index (χ1v) is 9.91. The molecule has 2 aromatic rings. The van der Waals surface area contributed by atoms with Gasteiger partial charge in [0.05, 0.1) is 43.1 Å². The molecular weight excluding hydrogens is 393 g/mol. The van der Waals surface area contributed by atoms with Crippen molar-refractivity contribution in [3.05, 3.63) is 24.0 Å². The van der Waals surface area contributed by atoms with E-state index in [2.05, 4.69) is 4.98 Å². The van der Waals surface area contributed by atoms with Crippen LogP contribution in [0.5, 0.6) is 0 Å². The van der Waals surface area contributed by atoms with Gasteiger partial charge >= 0.3 is 5.97 Å². The lowest BCUT2D eigenvalue weighted by atomic mass is 10.2. The van der Waals surface area contributed by atoms with Gasteiger partial charge in [0, 0.05) is 31.6 Å². The number of carbonyl (C=O) groups is 1. The quantitative estimate of drug-likeness (QED) is 0.306. The fourth-order valence-corrected chi connectivity index (χ4v) is 2.91. The van der Waals surface area contributed by atoms with Crippen LogP contribution in [-0.4, -0.2) is 58.8 Å². The number of halogens is 2. The number of imidazole rings is 1. The van der Waals surface area contributed by atoms with Crippen LogP contribution in [0.2, 0.25) is 0 Å². The Bertz CT molecular complexity index is 739. The molecule has 0 unspecified atom stereocenters. The van der Waals surface area contributed by atoms with Crippen molar-refractivity contribution in [2.75, 3.05) is 43.2 Å². The molecule has 0 atom stereocenters. The van der Waals surface area contributed by atoms with Crippen molar-refractivity contribution in [2.45, 2.75) is 19.3 Å². The molecule has 0 saturated heterocycles. The Balaban J connectivity index is 2.14. The molecule has 0 bridgehead atoms. The molecule has 0 amide bonds. The largest absolute Gasteiger partial charge is 0.481 e. The van der Waals surface area contributed by atoms with Crippen LogP contribution < -0.4 is 5.06 Å². The molecular formula is C18H25Cl2N3O4. The molecule has 1 N–H and O–H groups in total. The number of fused-ring (bicyclic) bond motifs is 1. The molecule has 0 radical (unpaired) electrons. The lowest BCUT2D eigenvalue weighted by molar-refractivity contribution is -0.137. The van der Waals surface area contributed by atoms with Crippen molar-refractivity contribution in [2.24, 2.45) is 7.05 Å². The number of aliphatic carboxylic acids is 1. The lowest BCUT2D eigenvalue weighted by Gasteiger charge is -2.23. The van der Waals surface area contributed by atoms with Gasteiger partial charge < -0.3 is 14.4 Å². The third kappa shape index (κ3) is 6.53. The zero-order valence-electron chi connectivity index (χ0n) is 15.4. The van der Waals surface area contributed by atoms with Crippen LogP contribution in [-0.2, 0) is 27.8 Å². The van der Waals surface area contributed by atoms with Crippen molar-refractivity contribution in [3.63, 3.8) is 0 Å².